The number of aliphatic hydroxyl groups excluding tert-OH is 1. The summed E-state index contributed by atoms with van der Waals surface area (Å²) in [6.07, 6.45) is 0.565. The number of anilines is 1. The SMILES string of the molecule is OCC1CCCCCC1Nc1ccc(C(F)(F)F)nn1. The summed E-state index contributed by atoms with van der Waals surface area (Å²) in [4.78, 5) is 0. The molecule has 112 valence electrons. The van der Waals surface area contributed by atoms with E-state index in [1.165, 1.54) is 6.07 Å². The van der Waals surface area contributed by atoms with Crippen molar-refractivity contribution in [2.45, 2.75) is 44.3 Å². The number of hydrogen-bond donors (Lipinski definition) is 2. The van der Waals surface area contributed by atoms with E-state index in [-0.39, 0.29) is 18.6 Å². The monoisotopic (exact) mass is 289 g/mol. The first-order chi connectivity index (χ1) is 9.50. The van der Waals surface area contributed by atoms with Crippen molar-refractivity contribution >= 4 is 5.82 Å². The first kappa shape index (κ1) is 15.0. The number of alkyl halides is 3. The highest BCUT2D eigenvalue weighted by Gasteiger charge is 2.33. The third kappa shape index (κ3) is 3.82. The molecule has 0 aromatic carbocycles. The van der Waals surface area contributed by atoms with E-state index in [9.17, 15) is 18.3 Å². The van der Waals surface area contributed by atoms with Crippen LogP contribution in [0.4, 0.5) is 19.0 Å². The van der Waals surface area contributed by atoms with E-state index in [1.54, 1.807) is 0 Å². The maximum absolute atomic E-state index is 12.4. The Morgan fingerprint density at radius 2 is 1.90 bits per heavy atom. The van der Waals surface area contributed by atoms with Crippen LogP contribution >= 0.6 is 0 Å². The second-order valence-electron chi connectivity index (χ2n) is 5.13. The minimum Gasteiger partial charge on any atom is -0.396 e. The molecule has 1 aromatic rings. The van der Waals surface area contributed by atoms with Gasteiger partial charge in [-0.2, -0.15) is 13.2 Å². The molecular formula is C13H18F3N3O. The maximum Gasteiger partial charge on any atom is 0.435 e. The standard InChI is InChI=1S/C13H18F3N3O/c14-13(15,16)11-6-7-12(19-18-11)17-10-5-3-1-2-4-9(10)8-20/h6-7,9-10,20H,1-5,8H2,(H,17,19). The fourth-order valence-corrected chi connectivity index (χ4v) is 2.54. The van der Waals surface area contributed by atoms with Crippen molar-refractivity contribution in [2.24, 2.45) is 5.92 Å². The molecule has 2 N–H and O–H groups in total. The smallest absolute Gasteiger partial charge is 0.396 e. The lowest BCUT2D eigenvalue weighted by Crippen LogP contribution is -2.31. The predicted molar refractivity (Wildman–Crippen MR) is 68.1 cm³/mol. The number of aromatic nitrogens is 2. The number of nitrogens with zero attached hydrogens (tertiary/aromatic N) is 2. The van der Waals surface area contributed by atoms with Gasteiger partial charge in [-0.25, -0.2) is 0 Å². The van der Waals surface area contributed by atoms with Gasteiger partial charge in [0.15, 0.2) is 5.69 Å². The largest absolute Gasteiger partial charge is 0.435 e. The molecule has 7 heteroatoms. The van der Waals surface area contributed by atoms with Gasteiger partial charge in [0.25, 0.3) is 0 Å². The van der Waals surface area contributed by atoms with Crippen LogP contribution < -0.4 is 5.32 Å². The lowest BCUT2D eigenvalue weighted by atomic mass is 9.96. The molecule has 4 nitrogen and oxygen atoms in total. The molecule has 1 fully saturated rings. The van der Waals surface area contributed by atoms with Gasteiger partial charge in [0.2, 0.25) is 0 Å². The Labute approximate surface area is 115 Å². The summed E-state index contributed by atoms with van der Waals surface area (Å²) in [6, 6.07) is 2.24. The Morgan fingerprint density at radius 1 is 1.15 bits per heavy atom. The van der Waals surface area contributed by atoms with Crippen LogP contribution in [0.15, 0.2) is 12.1 Å². The Hall–Kier alpha value is -1.37. The topological polar surface area (TPSA) is 58.0 Å². The van der Waals surface area contributed by atoms with Crippen LogP contribution in [0.3, 0.4) is 0 Å². The minimum atomic E-state index is -4.47. The molecule has 0 amide bonds. The molecule has 20 heavy (non-hydrogen) atoms. The molecule has 2 unspecified atom stereocenters. The predicted octanol–water partition coefficient (Wildman–Crippen LogP) is 2.85. The Kier molecular flexibility index (Phi) is 4.80. The van der Waals surface area contributed by atoms with Crippen LogP contribution in [-0.4, -0.2) is 28.0 Å². The van der Waals surface area contributed by atoms with E-state index in [0.717, 1.165) is 38.2 Å². The van der Waals surface area contributed by atoms with Crippen molar-refractivity contribution in [1.29, 1.82) is 0 Å². The van der Waals surface area contributed by atoms with Crippen LogP contribution in [0.1, 0.15) is 37.8 Å². The summed E-state index contributed by atoms with van der Waals surface area (Å²) in [7, 11) is 0. The van der Waals surface area contributed by atoms with Crippen LogP contribution in [0.25, 0.3) is 0 Å². The highest BCUT2D eigenvalue weighted by molar-refractivity contribution is 5.35. The average Bonchev–Trinajstić information content (AvgIpc) is 2.63. The fraction of sp³-hybridized carbons (Fsp3) is 0.692. The normalized spacial score (nSPS) is 24.2. The van der Waals surface area contributed by atoms with Gasteiger partial charge in [-0.1, -0.05) is 19.3 Å². The number of rotatable bonds is 3. The summed E-state index contributed by atoms with van der Waals surface area (Å²) in [5, 5.41) is 19.3. The van der Waals surface area contributed by atoms with E-state index >= 15 is 0 Å². The second kappa shape index (κ2) is 6.39. The Bertz CT molecular complexity index is 422. The molecule has 1 heterocycles. The molecule has 0 radical (unpaired) electrons. The number of nitrogens with one attached hydrogen (secondary N) is 1. The van der Waals surface area contributed by atoms with E-state index in [2.05, 4.69) is 15.5 Å². The highest BCUT2D eigenvalue weighted by atomic mass is 19.4. The van der Waals surface area contributed by atoms with Crippen molar-refractivity contribution in [2.75, 3.05) is 11.9 Å². The fourth-order valence-electron chi connectivity index (χ4n) is 2.54. The lowest BCUT2D eigenvalue weighted by molar-refractivity contribution is -0.141. The Balaban J connectivity index is 2.04. The number of hydrogen-bond acceptors (Lipinski definition) is 4. The van der Waals surface area contributed by atoms with Crippen molar-refractivity contribution < 1.29 is 18.3 Å². The van der Waals surface area contributed by atoms with Crippen LogP contribution in [0.2, 0.25) is 0 Å². The van der Waals surface area contributed by atoms with Crippen LogP contribution in [-0.2, 0) is 6.18 Å². The number of halogens is 3. The van der Waals surface area contributed by atoms with Gasteiger partial charge in [-0.05, 0) is 25.0 Å². The van der Waals surface area contributed by atoms with E-state index in [0.29, 0.717) is 5.82 Å². The minimum absolute atomic E-state index is 0.0357. The highest BCUT2D eigenvalue weighted by Crippen LogP contribution is 2.28. The molecule has 1 aromatic heterocycles. The van der Waals surface area contributed by atoms with Crippen molar-refractivity contribution in [1.82, 2.24) is 10.2 Å². The van der Waals surface area contributed by atoms with Gasteiger partial charge >= 0.3 is 6.18 Å². The van der Waals surface area contributed by atoms with Gasteiger partial charge in [-0.15, -0.1) is 10.2 Å². The average molecular weight is 289 g/mol. The molecule has 0 spiro atoms. The summed E-state index contributed by atoms with van der Waals surface area (Å²) >= 11 is 0. The molecular weight excluding hydrogens is 271 g/mol. The first-order valence-electron chi connectivity index (χ1n) is 6.79. The zero-order valence-corrected chi connectivity index (χ0v) is 11.0. The molecule has 1 saturated carbocycles. The van der Waals surface area contributed by atoms with Crippen molar-refractivity contribution in [3.05, 3.63) is 17.8 Å². The summed E-state index contributed by atoms with van der Waals surface area (Å²) < 4.78 is 37.2. The number of aliphatic hydroxyl groups is 1. The van der Waals surface area contributed by atoms with E-state index in [1.807, 2.05) is 0 Å². The molecule has 2 rings (SSSR count). The zero-order valence-electron chi connectivity index (χ0n) is 11.0. The molecule has 0 saturated heterocycles. The van der Waals surface area contributed by atoms with Gasteiger partial charge in [-0.3, -0.25) is 0 Å². The summed E-state index contributed by atoms with van der Waals surface area (Å²) in [5.74, 6) is 0.435. The van der Waals surface area contributed by atoms with Crippen LogP contribution in [0.5, 0.6) is 0 Å². The summed E-state index contributed by atoms with van der Waals surface area (Å²) in [6.45, 7) is 0.0751. The van der Waals surface area contributed by atoms with Crippen LogP contribution in [0, 0.1) is 5.92 Å². The Morgan fingerprint density at radius 3 is 2.50 bits per heavy atom. The quantitative estimate of drug-likeness (QED) is 0.840. The molecule has 0 aliphatic heterocycles. The van der Waals surface area contributed by atoms with E-state index in [4.69, 9.17) is 0 Å². The molecule has 1 aliphatic carbocycles. The maximum atomic E-state index is 12.4. The lowest BCUT2D eigenvalue weighted by Gasteiger charge is -2.24. The van der Waals surface area contributed by atoms with E-state index < -0.39 is 11.9 Å². The zero-order chi connectivity index (χ0) is 14.6. The third-order valence-corrected chi connectivity index (χ3v) is 3.68. The van der Waals surface area contributed by atoms with Gasteiger partial charge in [0.1, 0.15) is 5.82 Å². The summed E-state index contributed by atoms with van der Waals surface area (Å²) in [5.41, 5.74) is -0.998. The third-order valence-electron chi connectivity index (χ3n) is 3.68. The molecule has 0 bridgehead atoms. The first-order valence-corrected chi connectivity index (χ1v) is 6.79. The van der Waals surface area contributed by atoms with Crippen molar-refractivity contribution in [3.63, 3.8) is 0 Å². The van der Waals surface area contributed by atoms with Gasteiger partial charge in [0.05, 0.1) is 0 Å². The second-order valence-corrected chi connectivity index (χ2v) is 5.13. The van der Waals surface area contributed by atoms with Crippen molar-refractivity contribution in [3.8, 4) is 0 Å². The molecule has 2 atom stereocenters. The molecule has 1 aliphatic rings. The van der Waals surface area contributed by atoms with Gasteiger partial charge in [0, 0.05) is 18.6 Å². The van der Waals surface area contributed by atoms with Gasteiger partial charge < -0.3 is 10.4 Å².